The van der Waals surface area contributed by atoms with Crippen LogP contribution in [0.1, 0.15) is 50.3 Å². The monoisotopic (exact) mass is 300 g/mol. The fourth-order valence-corrected chi connectivity index (χ4v) is 3.14. The van der Waals surface area contributed by atoms with E-state index < -0.39 is 0 Å². The van der Waals surface area contributed by atoms with E-state index in [1.54, 1.807) is 0 Å². The van der Waals surface area contributed by atoms with Crippen LogP contribution < -0.4 is 10.7 Å². The molecule has 0 fully saturated rings. The number of unbranched alkanes of at least 4 members (excludes halogenated alkanes) is 4. The van der Waals surface area contributed by atoms with Gasteiger partial charge in [-0.25, -0.2) is 0 Å². The standard InChI is InChI=1S/C19H28N2O/c1-4-5-6-7-8-12-17-15(2)19(22)16-11-9-10-13-18(16)21(17)14-20-3/h9-11,13,20H,4-8,12,14H2,1-3H3. The second-order valence-corrected chi connectivity index (χ2v) is 6.02. The van der Waals surface area contributed by atoms with Crippen molar-refractivity contribution in [2.45, 2.75) is 59.0 Å². The van der Waals surface area contributed by atoms with E-state index in [1.807, 2.05) is 38.2 Å². The lowest BCUT2D eigenvalue weighted by Crippen LogP contribution is -2.23. The molecule has 0 unspecified atom stereocenters. The Kier molecular flexibility index (Phi) is 6.20. The number of fused-ring (bicyclic) bond motifs is 1. The summed E-state index contributed by atoms with van der Waals surface area (Å²) in [7, 11) is 1.95. The first-order valence-electron chi connectivity index (χ1n) is 8.46. The molecule has 22 heavy (non-hydrogen) atoms. The topological polar surface area (TPSA) is 34.0 Å². The molecule has 1 aromatic carbocycles. The summed E-state index contributed by atoms with van der Waals surface area (Å²) in [5.41, 5.74) is 3.32. The van der Waals surface area contributed by atoms with Gasteiger partial charge in [-0.2, -0.15) is 0 Å². The third kappa shape index (κ3) is 3.58. The lowest BCUT2D eigenvalue weighted by atomic mass is 10.0. The Hall–Kier alpha value is -1.61. The first kappa shape index (κ1) is 16.8. The molecular formula is C19H28N2O. The Balaban J connectivity index is 2.36. The summed E-state index contributed by atoms with van der Waals surface area (Å²) in [4.78, 5) is 12.6. The molecule has 0 aliphatic rings. The molecule has 0 saturated carbocycles. The highest BCUT2D eigenvalue weighted by molar-refractivity contribution is 5.80. The van der Waals surface area contributed by atoms with E-state index >= 15 is 0 Å². The van der Waals surface area contributed by atoms with E-state index in [-0.39, 0.29) is 5.43 Å². The Morgan fingerprint density at radius 1 is 1.09 bits per heavy atom. The van der Waals surface area contributed by atoms with Crippen LogP contribution in [0.15, 0.2) is 29.1 Å². The normalized spacial score (nSPS) is 11.2. The van der Waals surface area contributed by atoms with E-state index in [9.17, 15) is 4.79 Å². The van der Waals surface area contributed by atoms with Crippen molar-refractivity contribution in [1.82, 2.24) is 9.88 Å². The van der Waals surface area contributed by atoms with E-state index in [1.165, 1.54) is 31.4 Å². The van der Waals surface area contributed by atoms with Gasteiger partial charge in [-0.3, -0.25) is 4.79 Å². The predicted molar refractivity (Wildman–Crippen MR) is 94.5 cm³/mol. The van der Waals surface area contributed by atoms with Crippen LogP contribution in [0.5, 0.6) is 0 Å². The first-order chi connectivity index (χ1) is 10.7. The van der Waals surface area contributed by atoms with Gasteiger partial charge in [-0.05, 0) is 38.9 Å². The number of rotatable bonds is 8. The lowest BCUT2D eigenvalue weighted by Gasteiger charge is -2.19. The molecule has 2 aromatic rings. The van der Waals surface area contributed by atoms with Gasteiger partial charge < -0.3 is 9.88 Å². The summed E-state index contributed by atoms with van der Waals surface area (Å²) in [5, 5.41) is 4.06. The number of nitrogens with one attached hydrogen (secondary N) is 1. The van der Waals surface area contributed by atoms with E-state index in [2.05, 4.69) is 16.8 Å². The first-order valence-corrected chi connectivity index (χ1v) is 8.46. The number of benzene rings is 1. The van der Waals surface area contributed by atoms with Crippen molar-refractivity contribution in [3.63, 3.8) is 0 Å². The van der Waals surface area contributed by atoms with Crippen LogP contribution in [0.25, 0.3) is 10.9 Å². The smallest absolute Gasteiger partial charge is 0.192 e. The van der Waals surface area contributed by atoms with Crippen LogP contribution in [-0.2, 0) is 13.1 Å². The zero-order valence-electron chi connectivity index (χ0n) is 14.1. The maximum atomic E-state index is 12.6. The van der Waals surface area contributed by atoms with Gasteiger partial charge in [-0.15, -0.1) is 0 Å². The van der Waals surface area contributed by atoms with Gasteiger partial charge in [-0.1, -0.05) is 44.7 Å². The highest BCUT2D eigenvalue weighted by Crippen LogP contribution is 2.18. The summed E-state index contributed by atoms with van der Waals surface area (Å²) >= 11 is 0. The van der Waals surface area contributed by atoms with Gasteiger partial charge in [0.05, 0.1) is 12.2 Å². The molecule has 120 valence electrons. The second kappa shape index (κ2) is 8.14. The molecule has 0 aliphatic heterocycles. The van der Waals surface area contributed by atoms with Crippen molar-refractivity contribution in [3.8, 4) is 0 Å². The Morgan fingerprint density at radius 2 is 1.82 bits per heavy atom. The van der Waals surface area contributed by atoms with Gasteiger partial charge in [0.25, 0.3) is 0 Å². The van der Waals surface area contributed by atoms with Crippen molar-refractivity contribution in [3.05, 3.63) is 45.7 Å². The van der Waals surface area contributed by atoms with Crippen molar-refractivity contribution >= 4 is 10.9 Å². The van der Waals surface area contributed by atoms with Crippen molar-refractivity contribution < 1.29 is 0 Å². The maximum absolute atomic E-state index is 12.6. The minimum atomic E-state index is 0.187. The van der Waals surface area contributed by atoms with E-state index in [4.69, 9.17) is 0 Å². The van der Waals surface area contributed by atoms with Crippen LogP contribution >= 0.6 is 0 Å². The third-order valence-electron chi connectivity index (χ3n) is 4.37. The summed E-state index contributed by atoms with van der Waals surface area (Å²) in [6, 6.07) is 7.93. The highest BCUT2D eigenvalue weighted by Gasteiger charge is 2.12. The number of para-hydroxylation sites is 1. The summed E-state index contributed by atoms with van der Waals surface area (Å²) in [6.07, 6.45) is 7.24. The summed E-state index contributed by atoms with van der Waals surface area (Å²) in [5.74, 6) is 0. The van der Waals surface area contributed by atoms with Crippen molar-refractivity contribution in [2.75, 3.05) is 7.05 Å². The molecule has 1 heterocycles. The third-order valence-corrected chi connectivity index (χ3v) is 4.37. The highest BCUT2D eigenvalue weighted by atomic mass is 16.1. The molecule has 0 aliphatic carbocycles. The average Bonchev–Trinajstić information content (AvgIpc) is 2.54. The Bertz CT molecular complexity index is 673. The molecule has 0 bridgehead atoms. The van der Waals surface area contributed by atoms with Gasteiger partial charge in [0.2, 0.25) is 0 Å². The molecule has 1 N–H and O–H groups in total. The van der Waals surface area contributed by atoms with Crippen molar-refractivity contribution in [2.24, 2.45) is 0 Å². The van der Waals surface area contributed by atoms with Crippen molar-refractivity contribution in [1.29, 1.82) is 0 Å². The number of aromatic nitrogens is 1. The molecule has 1 aromatic heterocycles. The quantitative estimate of drug-likeness (QED) is 0.748. The van der Waals surface area contributed by atoms with Gasteiger partial charge >= 0.3 is 0 Å². The minimum Gasteiger partial charge on any atom is -0.331 e. The zero-order chi connectivity index (χ0) is 15.9. The number of hydrogen-bond acceptors (Lipinski definition) is 2. The Morgan fingerprint density at radius 3 is 2.55 bits per heavy atom. The summed E-state index contributed by atoms with van der Waals surface area (Å²) in [6.45, 7) is 4.95. The maximum Gasteiger partial charge on any atom is 0.192 e. The fraction of sp³-hybridized carbons (Fsp3) is 0.526. The molecule has 2 rings (SSSR count). The van der Waals surface area contributed by atoms with E-state index in [0.29, 0.717) is 0 Å². The molecule has 3 heteroatoms. The zero-order valence-corrected chi connectivity index (χ0v) is 14.1. The number of nitrogens with zero attached hydrogens (tertiary/aromatic N) is 1. The van der Waals surface area contributed by atoms with Crippen LogP contribution in [0.2, 0.25) is 0 Å². The average molecular weight is 300 g/mol. The fourth-order valence-electron chi connectivity index (χ4n) is 3.14. The molecule has 0 saturated heterocycles. The predicted octanol–water partition coefficient (Wildman–Crippen LogP) is 4.00. The minimum absolute atomic E-state index is 0.187. The number of pyridine rings is 1. The van der Waals surface area contributed by atoms with Crippen LogP contribution in [0.3, 0.4) is 0 Å². The van der Waals surface area contributed by atoms with Gasteiger partial charge in [0.1, 0.15) is 0 Å². The van der Waals surface area contributed by atoms with Crippen LogP contribution in [-0.4, -0.2) is 11.6 Å². The molecule has 0 atom stereocenters. The lowest BCUT2D eigenvalue weighted by molar-refractivity contribution is 0.575. The molecule has 0 radical (unpaired) electrons. The van der Waals surface area contributed by atoms with Crippen LogP contribution in [0, 0.1) is 6.92 Å². The number of hydrogen-bond donors (Lipinski definition) is 1. The molecule has 3 nitrogen and oxygen atoms in total. The SMILES string of the molecule is CCCCCCCc1c(C)c(=O)c2ccccc2n1CNC. The van der Waals surface area contributed by atoms with E-state index in [0.717, 1.165) is 36.0 Å². The van der Waals surface area contributed by atoms with Gasteiger partial charge in [0, 0.05) is 16.6 Å². The molecular weight excluding hydrogens is 272 g/mol. The molecule has 0 amide bonds. The van der Waals surface area contributed by atoms with Gasteiger partial charge in [0.15, 0.2) is 5.43 Å². The summed E-state index contributed by atoms with van der Waals surface area (Å²) < 4.78 is 2.27. The van der Waals surface area contributed by atoms with Crippen LogP contribution in [0.4, 0.5) is 0 Å². The molecule has 0 spiro atoms. The Labute approximate surface area is 133 Å². The largest absolute Gasteiger partial charge is 0.331 e. The second-order valence-electron chi connectivity index (χ2n) is 6.02.